The van der Waals surface area contributed by atoms with Crippen LogP contribution in [0.3, 0.4) is 0 Å². The normalized spacial score (nSPS) is 11.1. The Morgan fingerprint density at radius 3 is 3.07 bits per heavy atom. The van der Waals surface area contributed by atoms with Gasteiger partial charge in [0.1, 0.15) is 5.52 Å². The summed E-state index contributed by atoms with van der Waals surface area (Å²) in [7, 11) is 0. The fourth-order valence-electron chi connectivity index (χ4n) is 1.55. The number of para-hydroxylation sites is 1. The largest absolute Gasteiger partial charge is 0.369 e. The average molecular weight is 242 g/mol. The van der Waals surface area contributed by atoms with Gasteiger partial charge in [0, 0.05) is 12.3 Å². The monoisotopic (exact) mass is 241 g/mol. The number of anilines is 1. The number of fused-ring (bicyclic) bond motifs is 1. The van der Waals surface area contributed by atoms with E-state index in [2.05, 4.69) is 11.2 Å². The minimum Gasteiger partial charge on any atom is -0.369 e. The molecule has 0 spiro atoms. The van der Waals surface area contributed by atoms with Crippen LogP contribution in [0.2, 0.25) is 5.02 Å². The van der Waals surface area contributed by atoms with Gasteiger partial charge >= 0.3 is 0 Å². The smallest absolute Gasteiger partial charge is 0.201 e. The molecule has 15 heavy (non-hydrogen) atoms. The summed E-state index contributed by atoms with van der Waals surface area (Å²) in [6.45, 7) is 0.865. The summed E-state index contributed by atoms with van der Waals surface area (Å²) in [5.74, 6) is 1.55. The average Bonchev–Trinajstić information content (AvgIpc) is 2.54. The second-order valence-corrected chi connectivity index (χ2v) is 4.61. The topological polar surface area (TPSA) is 43.8 Å². The Labute approximate surface area is 97.6 Å². The van der Waals surface area contributed by atoms with E-state index in [1.807, 2.05) is 22.8 Å². The number of hydrogen-bond acceptors (Lipinski definition) is 3. The molecule has 0 fully saturated rings. The molecule has 0 amide bonds. The lowest BCUT2D eigenvalue weighted by atomic mass is 10.3. The van der Waals surface area contributed by atoms with Gasteiger partial charge in [-0.1, -0.05) is 17.7 Å². The van der Waals surface area contributed by atoms with Crippen molar-refractivity contribution in [3.8, 4) is 0 Å². The molecule has 3 nitrogen and oxygen atoms in total. The molecular weight excluding hydrogens is 230 g/mol. The van der Waals surface area contributed by atoms with Crippen molar-refractivity contribution < 1.29 is 0 Å². The van der Waals surface area contributed by atoms with E-state index in [-0.39, 0.29) is 0 Å². The molecule has 0 aliphatic heterocycles. The number of thioether (sulfide) groups is 1. The third kappa shape index (κ3) is 1.92. The molecule has 1 aromatic heterocycles. The molecule has 2 rings (SSSR count). The van der Waals surface area contributed by atoms with Gasteiger partial charge in [0.25, 0.3) is 0 Å². The number of aryl methyl sites for hydroxylation is 1. The predicted molar refractivity (Wildman–Crippen MR) is 67.5 cm³/mol. The summed E-state index contributed by atoms with van der Waals surface area (Å²) < 4.78 is 2.00. The fourth-order valence-corrected chi connectivity index (χ4v) is 2.13. The summed E-state index contributed by atoms with van der Waals surface area (Å²) in [5, 5.41) is 0.655. The van der Waals surface area contributed by atoms with Gasteiger partial charge in [-0.3, -0.25) is 0 Å². The molecule has 0 saturated carbocycles. The number of hydrogen-bond donors (Lipinski definition) is 1. The number of rotatable bonds is 3. The van der Waals surface area contributed by atoms with Crippen LogP contribution in [0.25, 0.3) is 11.0 Å². The van der Waals surface area contributed by atoms with Crippen molar-refractivity contribution in [2.24, 2.45) is 0 Å². The SMILES string of the molecule is CSCCn1c(N)nc2c(Cl)cccc21. The van der Waals surface area contributed by atoms with Gasteiger partial charge in [-0.05, 0) is 18.4 Å². The Morgan fingerprint density at radius 1 is 1.53 bits per heavy atom. The van der Waals surface area contributed by atoms with Crippen LogP contribution in [0.5, 0.6) is 0 Å². The zero-order chi connectivity index (χ0) is 10.8. The molecule has 2 N–H and O–H groups in total. The van der Waals surface area contributed by atoms with E-state index in [9.17, 15) is 0 Å². The van der Waals surface area contributed by atoms with E-state index in [1.54, 1.807) is 11.8 Å². The summed E-state index contributed by atoms with van der Waals surface area (Å²) in [4.78, 5) is 4.27. The van der Waals surface area contributed by atoms with Gasteiger partial charge in [-0.15, -0.1) is 0 Å². The van der Waals surface area contributed by atoms with Crippen molar-refractivity contribution >= 4 is 40.3 Å². The van der Waals surface area contributed by atoms with Crippen molar-refractivity contribution in [1.29, 1.82) is 0 Å². The lowest BCUT2D eigenvalue weighted by Crippen LogP contribution is -2.04. The van der Waals surface area contributed by atoms with Gasteiger partial charge < -0.3 is 10.3 Å². The van der Waals surface area contributed by atoms with Crippen LogP contribution in [0.4, 0.5) is 5.95 Å². The standard InChI is InChI=1S/C10H12ClN3S/c1-15-6-5-14-8-4-2-3-7(11)9(8)13-10(14)12/h2-4H,5-6H2,1H3,(H2,12,13). The minimum absolute atomic E-state index is 0.534. The predicted octanol–water partition coefficient (Wildman–Crippen LogP) is 2.63. The number of nitrogen functional groups attached to an aromatic ring is 1. The Morgan fingerprint density at radius 2 is 2.33 bits per heavy atom. The molecule has 1 aromatic carbocycles. The van der Waals surface area contributed by atoms with Gasteiger partial charge in [-0.25, -0.2) is 4.98 Å². The first kappa shape index (κ1) is 10.6. The Kier molecular flexibility index (Phi) is 3.07. The highest BCUT2D eigenvalue weighted by Gasteiger charge is 2.09. The number of halogens is 1. The number of benzene rings is 1. The maximum atomic E-state index is 6.04. The maximum absolute atomic E-state index is 6.04. The van der Waals surface area contributed by atoms with Crippen LogP contribution in [-0.4, -0.2) is 21.6 Å². The second-order valence-electron chi connectivity index (χ2n) is 3.22. The van der Waals surface area contributed by atoms with Gasteiger partial charge in [0.2, 0.25) is 5.95 Å². The number of aromatic nitrogens is 2. The summed E-state index contributed by atoms with van der Waals surface area (Å²) in [6.07, 6.45) is 2.07. The molecule has 0 saturated heterocycles. The molecule has 0 atom stereocenters. The Balaban J connectivity index is 2.53. The quantitative estimate of drug-likeness (QED) is 0.899. The summed E-state index contributed by atoms with van der Waals surface area (Å²) >= 11 is 7.82. The van der Waals surface area contributed by atoms with E-state index >= 15 is 0 Å². The highest BCUT2D eigenvalue weighted by atomic mass is 35.5. The Hall–Kier alpha value is -0.870. The van der Waals surface area contributed by atoms with Crippen LogP contribution >= 0.6 is 23.4 Å². The molecule has 0 unspecified atom stereocenters. The molecular formula is C10H12ClN3S. The highest BCUT2D eigenvalue weighted by Crippen LogP contribution is 2.24. The zero-order valence-corrected chi connectivity index (χ0v) is 9.98. The maximum Gasteiger partial charge on any atom is 0.201 e. The van der Waals surface area contributed by atoms with Crippen LogP contribution in [-0.2, 0) is 6.54 Å². The Bertz CT molecular complexity index is 481. The van der Waals surface area contributed by atoms with Crippen LogP contribution in [0.15, 0.2) is 18.2 Å². The van der Waals surface area contributed by atoms with Crippen molar-refractivity contribution in [3.05, 3.63) is 23.2 Å². The van der Waals surface area contributed by atoms with E-state index < -0.39 is 0 Å². The second kappa shape index (κ2) is 4.33. The van der Waals surface area contributed by atoms with E-state index in [4.69, 9.17) is 17.3 Å². The number of imidazole rings is 1. The van der Waals surface area contributed by atoms with Crippen molar-refractivity contribution in [3.63, 3.8) is 0 Å². The van der Waals surface area contributed by atoms with Gasteiger partial charge in [-0.2, -0.15) is 11.8 Å². The van der Waals surface area contributed by atoms with Gasteiger partial charge in [0.15, 0.2) is 0 Å². The van der Waals surface area contributed by atoms with E-state index in [1.165, 1.54) is 0 Å². The first-order valence-electron chi connectivity index (χ1n) is 4.63. The van der Waals surface area contributed by atoms with Crippen molar-refractivity contribution in [2.45, 2.75) is 6.54 Å². The molecule has 0 aliphatic rings. The highest BCUT2D eigenvalue weighted by molar-refractivity contribution is 7.98. The first-order chi connectivity index (χ1) is 7.24. The lowest BCUT2D eigenvalue weighted by Gasteiger charge is -2.04. The molecule has 1 heterocycles. The molecule has 0 radical (unpaired) electrons. The van der Waals surface area contributed by atoms with Gasteiger partial charge in [0.05, 0.1) is 10.5 Å². The summed E-state index contributed by atoms with van der Waals surface area (Å²) in [6, 6.07) is 5.74. The number of nitrogens with zero attached hydrogens (tertiary/aromatic N) is 2. The van der Waals surface area contributed by atoms with E-state index in [0.717, 1.165) is 23.3 Å². The van der Waals surface area contributed by atoms with Crippen LogP contribution in [0, 0.1) is 0 Å². The van der Waals surface area contributed by atoms with Crippen molar-refractivity contribution in [1.82, 2.24) is 9.55 Å². The fraction of sp³-hybridized carbons (Fsp3) is 0.300. The molecule has 2 aromatic rings. The third-order valence-electron chi connectivity index (χ3n) is 2.28. The number of nitrogens with two attached hydrogens (primary N) is 1. The summed E-state index contributed by atoms with van der Waals surface area (Å²) in [5.41, 5.74) is 7.64. The van der Waals surface area contributed by atoms with Crippen LogP contribution < -0.4 is 5.73 Å². The first-order valence-corrected chi connectivity index (χ1v) is 6.40. The third-order valence-corrected chi connectivity index (χ3v) is 3.17. The van der Waals surface area contributed by atoms with E-state index in [0.29, 0.717) is 11.0 Å². The molecule has 80 valence electrons. The van der Waals surface area contributed by atoms with Crippen molar-refractivity contribution in [2.75, 3.05) is 17.7 Å². The van der Waals surface area contributed by atoms with Crippen LogP contribution in [0.1, 0.15) is 0 Å². The molecule has 5 heteroatoms. The zero-order valence-electron chi connectivity index (χ0n) is 8.40. The molecule has 0 bridgehead atoms. The molecule has 0 aliphatic carbocycles. The lowest BCUT2D eigenvalue weighted by molar-refractivity contribution is 0.810. The minimum atomic E-state index is 0.534.